The van der Waals surface area contributed by atoms with Gasteiger partial charge in [-0.2, -0.15) is 12.8 Å². The van der Waals surface area contributed by atoms with Crippen molar-refractivity contribution in [3.8, 4) is 11.5 Å². The average molecular weight is 697 g/mol. The number of carbonyl (C=O) groups is 1. The first-order chi connectivity index (χ1) is 21.9. The highest BCUT2D eigenvalue weighted by Gasteiger charge is 2.33. The Hall–Kier alpha value is -4.72. The Labute approximate surface area is 270 Å². The molecule has 1 N–H and O–H groups in total. The van der Waals surface area contributed by atoms with Crippen molar-refractivity contribution in [1.29, 1.82) is 0 Å². The summed E-state index contributed by atoms with van der Waals surface area (Å²) in [4.78, 5) is 33.1. The topological polar surface area (TPSA) is 233 Å². The highest BCUT2D eigenvalue weighted by molar-refractivity contribution is 7.90. The molecule has 0 atom stereocenters. The Morgan fingerprint density at radius 1 is 0.787 bits per heavy atom. The minimum Gasteiger partial charge on any atom is -0.490 e. The van der Waals surface area contributed by atoms with Crippen LogP contribution >= 0.6 is 0 Å². The van der Waals surface area contributed by atoms with E-state index in [2.05, 4.69) is 9.12 Å². The number of ketones is 1. The molecule has 0 aliphatic heterocycles. The van der Waals surface area contributed by atoms with Crippen LogP contribution in [0.15, 0.2) is 74.0 Å². The Morgan fingerprint density at radius 2 is 1.28 bits per heavy atom. The molecule has 47 heavy (non-hydrogen) atoms. The molecule has 0 saturated carbocycles. The lowest BCUT2D eigenvalue weighted by molar-refractivity contribution is -0.385. The number of nitro benzene ring substituents is 2. The summed E-state index contributed by atoms with van der Waals surface area (Å²) < 4.78 is 81.0. The van der Waals surface area contributed by atoms with Crippen LogP contribution in [0.25, 0.3) is 0 Å². The van der Waals surface area contributed by atoms with Gasteiger partial charge in [-0.15, -0.1) is 0 Å². The fourth-order valence-electron chi connectivity index (χ4n) is 4.04. The standard InChI is InChI=1S/C28H32N4O13S2/c1-28(2,3)20-16-23(33)22(30-47(40,41)27-15-19(32(36)37)7-9-25(27)45-13-11-43-5)17-21(20)29-46(38,39)26-14-18(31(34)35)6-8-24(26)44-12-10-42-4/h6-9,14-17,30H,10-13H2,1-5H3. The van der Waals surface area contributed by atoms with Crippen LogP contribution in [-0.2, 0) is 34.3 Å². The molecule has 0 fully saturated rings. The second kappa shape index (κ2) is 14.8. The van der Waals surface area contributed by atoms with Gasteiger partial charge in [0.15, 0.2) is 0 Å². The molecule has 2 aromatic rings. The van der Waals surface area contributed by atoms with E-state index in [1.807, 2.05) is 0 Å². The molecular formula is C28H32N4O13S2. The predicted octanol–water partition coefficient (Wildman–Crippen LogP) is 3.10. The van der Waals surface area contributed by atoms with Gasteiger partial charge in [0.2, 0.25) is 5.78 Å². The zero-order valence-corrected chi connectivity index (χ0v) is 27.5. The number of nitrogens with zero attached hydrogens (tertiary/aromatic N) is 3. The van der Waals surface area contributed by atoms with Crippen molar-refractivity contribution in [3.63, 3.8) is 0 Å². The summed E-state index contributed by atoms with van der Waals surface area (Å²) in [5.41, 5.74) is -2.97. The molecule has 0 aromatic heterocycles. The van der Waals surface area contributed by atoms with Gasteiger partial charge in [0.1, 0.15) is 34.5 Å². The minimum atomic E-state index is -4.81. The van der Waals surface area contributed by atoms with E-state index < -0.39 is 68.0 Å². The summed E-state index contributed by atoms with van der Waals surface area (Å²) in [6.45, 7) is 4.87. The van der Waals surface area contributed by atoms with Crippen LogP contribution in [0.3, 0.4) is 0 Å². The zero-order valence-electron chi connectivity index (χ0n) is 25.9. The molecule has 2 aromatic carbocycles. The summed E-state index contributed by atoms with van der Waals surface area (Å²) in [7, 11) is -6.81. The lowest BCUT2D eigenvalue weighted by Gasteiger charge is -2.26. The first-order valence-electron chi connectivity index (χ1n) is 13.6. The minimum absolute atomic E-state index is 0.0614. The average Bonchev–Trinajstić information content (AvgIpc) is 2.98. The van der Waals surface area contributed by atoms with Gasteiger partial charge < -0.3 is 18.9 Å². The van der Waals surface area contributed by atoms with Crippen molar-refractivity contribution in [3.05, 3.63) is 80.0 Å². The van der Waals surface area contributed by atoms with Crippen molar-refractivity contribution < 1.29 is 50.4 Å². The summed E-state index contributed by atoms with van der Waals surface area (Å²) >= 11 is 0. The van der Waals surface area contributed by atoms with Gasteiger partial charge in [-0.1, -0.05) is 20.8 Å². The molecule has 0 heterocycles. The second-order valence-corrected chi connectivity index (χ2v) is 14.0. The number of hydrogen-bond donors (Lipinski definition) is 1. The summed E-state index contributed by atoms with van der Waals surface area (Å²) in [5, 5.41) is 22.9. The Balaban J connectivity index is 2.17. The van der Waals surface area contributed by atoms with Gasteiger partial charge in [0.25, 0.3) is 31.4 Å². The van der Waals surface area contributed by atoms with E-state index in [0.717, 1.165) is 48.6 Å². The normalized spacial score (nSPS) is 14.7. The van der Waals surface area contributed by atoms with Crippen LogP contribution in [-0.4, -0.2) is 78.8 Å². The Kier molecular flexibility index (Phi) is 11.6. The summed E-state index contributed by atoms with van der Waals surface area (Å²) in [5.74, 6) is -1.42. The van der Waals surface area contributed by atoms with E-state index >= 15 is 0 Å². The number of non-ortho nitro benzene ring substituents is 2. The highest BCUT2D eigenvalue weighted by Crippen LogP contribution is 2.35. The quantitative estimate of drug-likeness (QED) is 0.122. The number of carbonyl (C=O) groups excluding carboxylic acids is 1. The maximum Gasteiger partial charge on any atom is 0.286 e. The van der Waals surface area contributed by atoms with E-state index in [4.69, 9.17) is 18.9 Å². The molecule has 0 spiro atoms. The number of nitro groups is 2. The van der Waals surface area contributed by atoms with E-state index in [0.29, 0.717) is 0 Å². The fourth-order valence-corrected chi connectivity index (χ4v) is 6.43. The molecule has 17 nitrogen and oxygen atoms in total. The van der Waals surface area contributed by atoms with Crippen molar-refractivity contribution in [2.75, 3.05) is 40.6 Å². The van der Waals surface area contributed by atoms with Crippen molar-refractivity contribution in [1.82, 2.24) is 4.72 Å². The maximum absolute atomic E-state index is 13.7. The molecule has 0 bridgehead atoms. The van der Waals surface area contributed by atoms with Gasteiger partial charge in [0, 0.05) is 38.5 Å². The van der Waals surface area contributed by atoms with E-state index in [-0.39, 0.29) is 49.2 Å². The van der Waals surface area contributed by atoms with Crippen LogP contribution in [0.2, 0.25) is 0 Å². The number of rotatable bonds is 15. The molecule has 19 heteroatoms. The largest absolute Gasteiger partial charge is 0.490 e. The molecule has 0 radical (unpaired) electrons. The Morgan fingerprint density at radius 3 is 1.74 bits per heavy atom. The number of allylic oxidation sites excluding steroid dienone is 3. The van der Waals surface area contributed by atoms with Crippen LogP contribution in [0.5, 0.6) is 11.5 Å². The lowest BCUT2D eigenvalue weighted by Crippen LogP contribution is -2.32. The van der Waals surface area contributed by atoms with Crippen molar-refractivity contribution >= 4 is 42.9 Å². The zero-order chi connectivity index (χ0) is 35.2. The third-order valence-electron chi connectivity index (χ3n) is 6.30. The number of benzene rings is 2. The maximum atomic E-state index is 13.7. The van der Waals surface area contributed by atoms with E-state index in [1.165, 1.54) is 14.2 Å². The first kappa shape index (κ1) is 36.7. The fraction of sp³-hybridized carbons (Fsp3) is 0.357. The van der Waals surface area contributed by atoms with Crippen molar-refractivity contribution in [2.45, 2.75) is 30.6 Å². The number of nitrogens with one attached hydrogen (secondary N) is 1. The van der Waals surface area contributed by atoms with Gasteiger partial charge in [0.05, 0.1) is 34.5 Å². The van der Waals surface area contributed by atoms with Gasteiger partial charge in [-0.3, -0.25) is 29.7 Å². The predicted molar refractivity (Wildman–Crippen MR) is 167 cm³/mol. The SMILES string of the molecule is COCCOc1ccc([N+](=O)[O-])cc1S(=O)(=O)N=C1C=C(NS(=O)(=O)c2cc([N+](=O)[O-])ccc2OCCOC)C(=O)C=C1C(C)(C)C. The van der Waals surface area contributed by atoms with Gasteiger partial charge in [-0.25, -0.2) is 8.42 Å². The van der Waals surface area contributed by atoms with E-state index in [9.17, 15) is 41.9 Å². The van der Waals surface area contributed by atoms with Crippen LogP contribution in [0.1, 0.15) is 20.8 Å². The van der Waals surface area contributed by atoms with Crippen LogP contribution in [0.4, 0.5) is 11.4 Å². The number of hydrogen-bond acceptors (Lipinski definition) is 13. The Bertz CT molecular complexity index is 1880. The lowest BCUT2D eigenvalue weighted by atomic mass is 9.80. The molecule has 1 aliphatic rings. The monoisotopic (exact) mass is 696 g/mol. The van der Waals surface area contributed by atoms with Gasteiger partial charge in [-0.05, 0) is 35.3 Å². The van der Waals surface area contributed by atoms with Crippen LogP contribution in [0, 0.1) is 25.6 Å². The highest BCUT2D eigenvalue weighted by atomic mass is 32.2. The van der Waals surface area contributed by atoms with Gasteiger partial charge >= 0.3 is 0 Å². The first-order valence-corrected chi connectivity index (χ1v) is 16.5. The molecular weight excluding hydrogens is 664 g/mol. The third kappa shape index (κ3) is 9.18. The molecule has 1 aliphatic carbocycles. The number of ether oxygens (including phenoxy) is 4. The van der Waals surface area contributed by atoms with Crippen molar-refractivity contribution in [2.24, 2.45) is 9.81 Å². The van der Waals surface area contributed by atoms with Crippen LogP contribution < -0.4 is 14.2 Å². The van der Waals surface area contributed by atoms with E-state index in [1.54, 1.807) is 20.8 Å². The number of methoxy groups -OCH3 is 2. The summed E-state index contributed by atoms with van der Waals surface area (Å²) in [6.07, 6.45) is 1.89. The smallest absolute Gasteiger partial charge is 0.286 e. The molecule has 3 rings (SSSR count). The summed E-state index contributed by atoms with van der Waals surface area (Å²) in [6, 6.07) is 5.73. The number of sulfonamides is 2. The second-order valence-electron chi connectivity index (χ2n) is 10.7. The molecule has 0 amide bonds. The third-order valence-corrected chi connectivity index (χ3v) is 9.00. The molecule has 254 valence electrons. The molecule has 0 saturated heterocycles. The molecule has 0 unspecified atom stereocenters.